The molecule has 12 heteroatoms. The number of ether oxygens (including phenoxy) is 1. The fraction of sp³-hybridized carbons (Fsp3) is 0.115. The monoisotopic (exact) mass is 571 g/mol. The van der Waals surface area contributed by atoms with E-state index in [0.29, 0.717) is 35.0 Å². The first-order chi connectivity index (χ1) is 18.1. The normalized spacial score (nSPS) is 11.5. The third-order valence-corrected chi connectivity index (χ3v) is 10.00. The summed E-state index contributed by atoms with van der Waals surface area (Å²) < 4.78 is 60.1. The van der Waals surface area contributed by atoms with Gasteiger partial charge in [0.15, 0.2) is 0 Å². The van der Waals surface area contributed by atoms with Gasteiger partial charge < -0.3 is 10.1 Å². The van der Waals surface area contributed by atoms with E-state index in [0.717, 1.165) is 15.6 Å². The van der Waals surface area contributed by atoms with E-state index in [-0.39, 0.29) is 9.10 Å². The SMILES string of the molecule is CCOc1ccc(NS(=O)(=O)c2ccc(NC(=O)c3ccc(N(C)S(=O)(=O)c4cccs4)cc3)cc2)cc1. The zero-order valence-electron chi connectivity index (χ0n) is 20.5. The number of carbonyl (C=O) groups excluding carboxylic acids is 1. The van der Waals surface area contributed by atoms with E-state index in [2.05, 4.69) is 10.0 Å². The van der Waals surface area contributed by atoms with Crippen LogP contribution in [-0.4, -0.2) is 36.4 Å². The van der Waals surface area contributed by atoms with E-state index in [1.54, 1.807) is 47.8 Å². The second-order valence-corrected chi connectivity index (χ2v) is 12.8. The third kappa shape index (κ3) is 6.15. The van der Waals surface area contributed by atoms with E-state index >= 15 is 0 Å². The van der Waals surface area contributed by atoms with Crippen LogP contribution in [0.15, 0.2) is 99.4 Å². The summed E-state index contributed by atoms with van der Waals surface area (Å²) in [7, 11) is -6.06. The van der Waals surface area contributed by atoms with Crippen LogP contribution in [0, 0.1) is 0 Å². The van der Waals surface area contributed by atoms with Crippen molar-refractivity contribution in [1.82, 2.24) is 0 Å². The number of thiophene rings is 1. The summed E-state index contributed by atoms with van der Waals surface area (Å²) in [5.41, 5.74) is 1.51. The number of rotatable bonds is 10. The lowest BCUT2D eigenvalue weighted by Crippen LogP contribution is -2.25. The molecule has 0 aliphatic rings. The number of nitrogens with zero attached hydrogens (tertiary/aromatic N) is 1. The molecule has 3 aromatic carbocycles. The van der Waals surface area contributed by atoms with Crippen LogP contribution in [-0.2, 0) is 20.0 Å². The number of hydrogen-bond donors (Lipinski definition) is 2. The standard InChI is InChI=1S/C26H25N3O6S3/c1-3-35-23-14-8-21(9-15-23)28-37(31,32)24-16-10-20(11-17-24)27-26(30)19-6-12-22(13-7-19)29(2)38(33,34)25-5-4-18-36-25/h4-18,28H,3H2,1-2H3,(H,27,30). The number of amides is 1. The highest BCUT2D eigenvalue weighted by Crippen LogP contribution is 2.26. The van der Waals surface area contributed by atoms with Gasteiger partial charge in [0.05, 0.1) is 17.2 Å². The maximum absolute atomic E-state index is 12.7. The van der Waals surface area contributed by atoms with E-state index in [1.807, 2.05) is 6.92 Å². The van der Waals surface area contributed by atoms with Crippen LogP contribution >= 0.6 is 11.3 Å². The lowest BCUT2D eigenvalue weighted by molar-refractivity contribution is 0.102. The Morgan fingerprint density at radius 2 is 1.50 bits per heavy atom. The number of anilines is 3. The summed E-state index contributed by atoms with van der Waals surface area (Å²) in [5.74, 6) is 0.212. The maximum atomic E-state index is 12.7. The minimum absolute atomic E-state index is 0.0312. The van der Waals surface area contributed by atoms with Crippen molar-refractivity contribution in [3.8, 4) is 5.75 Å². The molecule has 0 radical (unpaired) electrons. The van der Waals surface area contributed by atoms with Gasteiger partial charge in [-0.05, 0) is 91.2 Å². The minimum Gasteiger partial charge on any atom is -0.494 e. The van der Waals surface area contributed by atoms with E-state index in [1.165, 1.54) is 49.5 Å². The molecule has 4 aromatic rings. The average Bonchev–Trinajstić information content (AvgIpc) is 3.46. The highest BCUT2D eigenvalue weighted by Gasteiger charge is 2.22. The van der Waals surface area contributed by atoms with Gasteiger partial charge in [0.25, 0.3) is 26.0 Å². The number of nitrogens with one attached hydrogen (secondary N) is 2. The molecule has 38 heavy (non-hydrogen) atoms. The van der Waals surface area contributed by atoms with Gasteiger partial charge in [-0.2, -0.15) is 0 Å². The summed E-state index contributed by atoms with van der Waals surface area (Å²) in [6.45, 7) is 2.37. The summed E-state index contributed by atoms with van der Waals surface area (Å²) in [6, 6.07) is 21.6. The van der Waals surface area contributed by atoms with Crippen LogP contribution in [0.3, 0.4) is 0 Å². The maximum Gasteiger partial charge on any atom is 0.273 e. The van der Waals surface area contributed by atoms with Gasteiger partial charge in [0.1, 0.15) is 9.96 Å². The molecule has 0 bridgehead atoms. The molecule has 1 heterocycles. The Balaban J connectivity index is 1.40. The minimum atomic E-state index is -3.83. The summed E-state index contributed by atoms with van der Waals surface area (Å²) in [5, 5.41) is 4.40. The van der Waals surface area contributed by atoms with Crippen molar-refractivity contribution in [3.05, 3.63) is 95.9 Å². The molecule has 9 nitrogen and oxygen atoms in total. The van der Waals surface area contributed by atoms with Gasteiger partial charge in [0, 0.05) is 24.0 Å². The van der Waals surface area contributed by atoms with Crippen LogP contribution in [0.5, 0.6) is 5.75 Å². The van der Waals surface area contributed by atoms with E-state index < -0.39 is 26.0 Å². The summed E-state index contributed by atoms with van der Waals surface area (Å²) in [4.78, 5) is 12.7. The van der Waals surface area contributed by atoms with Gasteiger partial charge in [-0.1, -0.05) is 6.07 Å². The predicted molar refractivity (Wildman–Crippen MR) is 149 cm³/mol. The highest BCUT2D eigenvalue weighted by atomic mass is 32.2. The molecule has 1 amide bonds. The molecule has 0 saturated heterocycles. The first-order valence-corrected chi connectivity index (χ1v) is 15.2. The van der Waals surface area contributed by atoms with Gasteiger partial charge in [-0.3, -0.25) is 13.8 Å². The zero-order chi connectivity index (χ0) is 27.3. The van der Waals surface area contributed by atoms with Crippen LogP contribution in [0.4, 0.5) is 17.1 Å². The molecule has 0 fully saturated rings. The molecule has 2 N–H and O–H groups in total. The Morgan fingerprint density at radius 1 is 0.868 bits per heavy atom. The van der Waals surface area contributed by atoms with Crippen LogP contribution in [0.25, 0.3) is 0 Å². The first-order valence-electron chi connectivity index (χ1n) is 11.4. The first kappa shape index (κ1) is 27.2. The van der Waals surface area contributed by atoms with Gasteiger partial charge in [0.2, 0.25) is 0 Å². The molecule has 0 aliphatic carbocycles. The van der Waals surface area contributed by atoms with Crippen molar-refractivity contribution in [2.24, 2.45) is 0 Å². The molecular formula is C26H25N3O6S3. The van der Waals surface area contributed by atoms with Gasteiger partial charge in [-0.15, -0.1) is 11.3 Å². The number of carbonyl (C=O) groups is 1. The lowest BCUT2D eigenvalue weighted by Gasteiger charge is -2.18. The molecule has 0 saturated carbocycles. The quantitative estimate of drug-likeness (QED) is 0.276. The van der Waals surface area contributed by atoms with Crippen LogP contribution in [0.2, 0.25) is 0 Å². The van der Waals surface area contributed by atoms with E-state index in [4.69, 9.17) is 4.74 Å². The Kier molecular flexibility index (Phi) is 8.05. The van der Waals surface area contributed by atoms with Crippen molar-refractivity contribution in [1.29, 1.82) is 0 Å². The fourth-order valence-electron chi connectivity index (χ4n) is 3.43. The van der Waals surface area contributed by atoms with Crippen molar-refractivity contribution in [2.45, 2.75) is 16.0 Å². The Bertz CT molecular complexity index is 1600. The van der Waals surface area contributed by atoms with Crippen molar-refractivity contribution in [2.75, 3.05) is 28.0 Å². The number of sulfonamides is 2. The van der Waals surface area contributed by atoms with Crippen LogP contribution in [0.1, 0.15) is 17.3 Å². The molecule has 0 atom stereocenters. The topological polar surface area (TPSA) is 122 Å². The third-order valence-electron chi connectivity index (χ3n) is 5.44. The molecule has 0 spiro atoms. The number of hydrogen-bond acceptors (Lipinski definition) is 7. The average molecular weight is 572 g/mol. The Labute approximate surface area is 225 Å². The highest BCUT2D eigenvalue weighted by molar-refractivity contribution is 7.94. The van der Waals surface area contributed by atoms with Crippen molar-refractivity contribution >= 4 is 54.4 Å². The van der Waals surface area contributed by atoms with Gasteiger partial charge >= 0.3 is 0 Å². The zero-order valence-corrected chi connectivity index (χ0v) is 22.9. The fourth-order valence-corrected chi connectivity index (χ4v) is 6.84. The molecule has 0 aliphatic heterocycles. The molecule has 198 valence electrons. The molecule has 0 unspecified atom stereocenters. The van der Waals surface area contributed by atoms with Crippen molar-refractivity contribution in [3.63, 3.8) is 0 Å². The largest absolute Gasteiger partial charge is 0.494 e. The lowest BCUT2D eigenvalue weighted by atomic mass is 10.2. The molecule has 1 aromatic heterocycles. The number of benzene rings is 3. The van der Waals surface area contributed by atoms with Gasteiger partial charge in [-0.25, -0.2) is 16.8 Å². The molecular weight excluding hydrogens is 547 g/mol. The second kappa shape index (κ2) is 11.3. The van der Waals surface area contributed by atoms with Crippen molar-refractivity contribution < 1.29 is 26.4 Å². The summed E-state index contributed by atoms with van der Waals surface area (Å²) >= 11 is 1.13. The molecule has 4 rings (SSSR count). The smallest absolute Gasteiger partial charge is 0.273 e. The summed E-state index contributed by atoms with van der Waals surface area (Å²) in [6.07, 6.45) is 0. The predicted octanol–water partition coefficient (Wildman–Crippen LogP) is 5.03. The Hall–Kier alpha value is -3.87. The van der Waals surface area contributed by atoms with E-state index in [9.17, 15) is 21.6 Å². The van der Waals surface area contributed by atoms with Crippen LogP contribution < -0.4 is 19.1 Å². The second-order valence-electron chi connectivity index (χ2n) is 7.99. The Morgan fingerprint density at radius 3 is 2.08 bits per heavy atom.